The molecule has 0 radical (unpaired) electrons. The third kappa shape index (κ3) is 4.84. The number of halogens is 1. The molecule has 1 unspecified atom stereocenters. The maximum absolute atomic E-state index is 12.8. The summed E-state index contributed by atoms with van der Waals surface area (Å²) in [4.78, 5) is 0. The highest BCUT2D eigenvalue weighted by atomic mass is 19.1. The first-order valence-electron chi connectivity index (χ1n) is 6.76. The van der Waals surface area contributed by atoms with Crippen LogP contribution in [0.2, 0.25) is 0 Å². The van der Waals surface area contributed by atoms with Gasteiger partial charge < -0.3 is 5.32 Å². The number of nitrogens with one attached hydrogen (secondary N) is 1. The van der Waals surface area contributed by atoms with E-state index in [4.69, 9.17) is 0 Å². The van der Waals surface area contributed by atoms with Crippen molar-refractivity contribution in [3.8, 4) is 0 Å². The third-order valence-corrected chi connectivity index (χ3v) is 3.28. The highest BCUT2D eigenvalue weighted by molar-refractivity contribution is 5.16. The summed E-state index contributed by atoms with van der Waals surface area (Å²) in [6.45, 7) is 2.97. The molecule has 2 rings (SSSR count). The first-order valence-corrected chi connectivity index (χ1v) is 6.76. The predicted octanol–water partition coefficient (Wildman–Crippen LogP) is 3.94. The molecule has 1 nitrogen and oxygen atoms in total. The minimum Gasteiger partial charge on any atom is -0.310 e. The lowest BCUT2D eigenvalue weighted by atomic mass is 10.1. The molecule has 0 bridgehead atoms. The first-order chi connectivity index (χ1) is 9.24. The van der Waals surface area contributed by atoms with Gasteiger partial charge in [-0.2, -0.15) is 0 Å². The quantitative estimate of drug-likeness (QED) is 0.826. The van der Waals surface area contributed by atoms with Crippen LogP contribution in [0, 0.1) is 5.82 Å². The van der Waals surface area contributed by atoms with E-state index in [1.165, 1.54) is 17.7 Å². The van der Waals surface area contributed by atoms with E-state index in [-0.39, 0.29) is 5.82 Å². The molecule has 0 saturated carbocycles. The highest BCUT2D eigenvalue weighted by Crippen LogP contribution is 2.06. The Labute approximate surface area is 114 Å². The van der Waals surface area contributed by atoms with Gasteiger partial charge in [-0.1, -0.05) is 42.5 Å². The van der Waals surface area contributed by atoms with Gasteiger partial charge in [0.05, 0.1) is 0 Å². The molecule has 0 aliphatic rings. The van der Waals surface area contributed by atoms with Crippen molar-refractivity contribution in [3.05, 3.63) is 71.5 Å². The van der Waals surface area contributed by atoms with Crippen molar-refractivity contribution in [2.75, 3.05) is 0 Å². The van der Waals surface area contributed by atoms with Gasteiger partial charge in [-0.3, -0.25) is 0 Å². The van der Waals surface area contributed by atoms with Gasteiger partial charge in [0.25, 0.3) is 0 Å². The minimum atomic E-state index is -0.180. The zero-order valence-corrected chi connectivity index (χ0v) is 11.3. The van der Waals surface area contributed by atoms with E-state index < -0.39 is 0 Å². The first kappa shape index (κ1) is 13.8. The van der Waals surface area contributed by atoms with Gasteiger partial charge in [0, 0.05) is 12.6 Å². The van der Waals surface area contributed by atoms with Crippen molar-refractivity contribution < 1.29 is 4.39 Å². The van der Waals surface area contributed by atoms with Crippen molar-refractivity contribution in [1.82, 2.24) is 5.32 Å². The lowest BCUT2D eigenvalue weighted by Crippen LogP contribution is -2.25. The highest BCUT2D eigenvalue weighted by Gasteiger charge is 2.02. The molecule has 0 aliphatic carbocycles. The Bertz CT molecular complexity index is 478. The average Bonchev–Trinajstić information content (AvgIpc) is 2.45. The van der Waals surface area contributed by atoms with Crippen molar-refractivity contribution in [3.63, 3.8) is 0 Å². The molecule has 0 saturated heterocycles. The summed E-state index contributed by atoms with van der Waals surface area (Å²) in [5.74, 6) is -0.180. The lowest BCUT2D eigenvalue weighted by Gasteiger charge is -2.13. The second-order valence-electron chi connectivity index (χ2n) is 4.93. The van der Waals surface area contributed by atoms with Gasteiger partial charge in [-0.05, 0) is 43.0 Å². The molecule has 100 valence electrons. The fourth-order valence-corrected chi connectivity index (χ4v) is 2.02. The normalized spacial score (nSPS) is 12.3. The smallest absolute Gasteiger partial charge is 0.123 e. The number of hydrogen-bond donors (Lipinski definition) is 1. The molecule has 2 aromatic rings. The van der Waals surface area contributed by atoms with Gasteiger partial charge in [-0.25, -0.2) is 4.39 Å². The van der Waals surface area contributed by atoms with Crippen LogP contribution < -0.4 is 5.32 Å². The van der Waals surface area contributed by atoms with Crippen LogP contribution in [-0.2, 0) is 13.0 Å². The second kappa shape index (κ2) is 7.05. The summed E-state index contributed by atoms with van der Waals surface area (Å²) in [6, 6.07) is 17.6. The van der Waals surface area contributed by atoms with Crippen molar-refractivity contribution in [2.45, 2.75) is 32.4 Å². The molecule has 0 aromatic heterocycles. The van der Waals surface area contributed by atoms with Crippen LogP contribution in [0.15, 0.2) is 54.6 Å². The maximum Gasteiger partial charge on any atom is 0.123 e. The van der Waals surface area contributed by atoms with Crippen LogP contribution in [0.25, 0.3) is 0 Å². The monoisotopic (exact) mass is 257 g/mol. The van der Waals surface area contributed by atoms with E-state index in [9.17, 15) is 4.39 Å². The average molecular weight is 257 g/mol. The molecular weight excluding hydrogens is 237 g/mol. The summed E-state index contributed by atoms with van der Waals surface area (Å²) in [5, 5.41) is 3.47. The fourth-order valence-electron chi connectivity index (χ4n) is 2.02. The summed E-state index contributed by atoms with van der Waals surface area (Å²) < 4.78 is 12.8. The molecule has 2 heteroatoms. The number of rotatable bonds is 6. The van der Waals surface area contributed by atoms with Crippen LogP contribution in [-0.4, -0.2) is 6.04 Å². The molecule has 1 N–H and O–H groups in total. The minimum absolute atomic E-state index is 0.180. The van der Waals surface area contributed by atoms with Crippen molar-refractivity contribution in [2.24, 2.45) is 0 Å². The Balaban J connectivity index is 1.72. The van der Waals surface area contributed by atoms with Gasteiger partial charge in [0.2, 0.25) is 0 Å². The lowest BCUT2D eigenvalue weighted by molar-refractivity contribution is 0.513. The van der Waals surface area contributed by atoms with Crippen LogP contribution in [0.4, 0.5) is 4.39 Å². The van der Waals surface area contributed by atoms with E-state index in [0.29, 0.717) is 6.04 Å². The molecule has 2 aromatic carbocycles. The molecule has 19 heavy (non-hydrogen) atoms. The van der Waals surface area contributed by atoms with Gasteiger partial charge in [0.15, 0.2) is 0 Å². The summed E-state index contributed by atoms with van der Waals surface area (Å²) in [5.41, 5.74) is 2.49. The Morgan fingerprint density at radius 2 is 1.63 bits per heavy atom. The Morgan fingerprint density at radius 3 is 2.32 bits per heavy atom. The van der Waals surface area contributed by atoms with Crippen LogP contribution >= 0.6 is 0 Å². The number of aryl methyl sites for hydroxylation is 1. The van der Waals surface area contributed by atoms with E-state index in [1.807, 2.05) is 18.2 Å². The molecule has 0 spiro atoms. The summed E-state index contributed by atoms with van der Waals surface area (Å²) in [7, 11) is 0. The number of benzene rings is 2. The molecule has 0 aliphatic heterocycles. The molecule has 0 heterocycles. The third-order valence-electron chi connectivity index (χ3n) is 3.28. The van der Waals surface area contributed by atoms with Crippen LogP contribution in [0.5, 0.6) is 0 Å². The molecule has 0 fully saturated rings. The van der Waals surface area contributed by atoms with E-state index in [0.717, 1.165) is 24.9 Å². The molecule has 0 amide bonds. The SMILES string of the molecule is CC(CCc1ccccc1)NCc1ccc(F)cc1. The van der Waals surface area contributed by atoms with E-state index >= 15 is 0 Å². The van der Waals surface area contributed by atoms with E-state index in [2.05, 4.69) is 36.5 Å². The summed E-state index contributed by atoms with van der Waals surface area (Å²) in [6.07, 6.45) is 2.18. The standard InChI is InChI=1S/C17H20FN/c1-14(7-8-15-5-3-2-4-6-15)19-13-16-9-11-17(18)12-10-16/h2-6,9-12,14,19H,7-8,13H2,1H3. The van der Waals surface area contributed by atoms with Crippen LogP contribution in [0.3, 0.4) is 0 Å². The Hall–Kier alpha value is -1.67. The van der Waals surface area contributed by atoms with E-state index in [1.54, 1.807) is 0 Å². The Kier molecular flexibility index (Phi) is 5.10. The van der Waals surface area contributed by atoms with Gasteiger partial charge >= 0.3 is 0 Å². The molecule has 1 atom stereocenters. The zero-order valence-electron chi connectivity index (χ0n) is 11.3. The van der Waals surface area contributed by atoms with Crippen LogP contribution in [0.1, 0.15) is 24.5 Å². The summed E-state index contributed by atoms with van der Waals surface area (Å²) >= 11 is 0. The maximum atomic E-state index is 12.8. The number of hydrogen-bond acceptors (Lipinski definition) is 1. The molecular formula is C17H20FN. The van der Waals surface area contributed by atoms with Crippen molar-refractivity contribution >= 4 is 0 Å². The zero-order chi connectivity index (χ0) is 13.5. The Morgan fingerprint density at radius 1 is 0.947 bits per heavy atom. The van der Waals surface area contributed by atoms with Gasteiger partial charge in [0.1, 0.15) is 5.82 Å². The van der Waals surface area contributed by atoms with Crippen molar-refractivity contribution in [1.29, 1.82) is 0 Å². The fraction of sp³-hybridized carbons (Fsp3) is 0.294. The van der Waals surface area contributed by atoms with Gasteiger partial charge in [-0.15, -0.1) is 0 Å². The second-order valence-corrected chi connectivity index (χ2v) is 4.93. The largest absolute Gasteiger partial charge is 0.310 e. The predicted molar refractivity (Wildman–Crippen MR) is 77.5 cm³/mol. The topological polar surface area (TPSA) is 12.0 Å².